The Bertz CT molecular complexity index is 944. The van der Waals surface area contributed by atoms with Gasteiger partial charge in [0.2, 0.25) is 0 Å². The maximum Gasteiger partial charge on any atom is 0.329 e. The van der Waals surface area contributed by atoms with Crippen LogP contribution in [-0.4, -0.2) is 22.1 Å². The molecule has 0 bridgehead atoms. The summed E-state index contributed by atoms with van der Waals surface area (Å²) in [7, 11) is 0. The first-order valence-electron chi connectivity index (χ1n) is 8.20. The molecule has 1 atom stereocenters. The van der Waals surface area contributed by atoms with Crippen LogP contribution >= 0.6 is 11.3 Å². The topological polar surface area (TPSA) is 61.2 Å². The van der Waals surface area contributed by atoms with E-state index in [1.165, 1.54) is 22.2 Å². The third-order valence-electron chi connectivity index (χ3n) is 3.85. The molecule has 1 aromatic carbocycles. The molecule has 2 heterocycles. The highest BCUT2D eigenvalue weighted by Gasteiger charge is 2.20. The second kappa shape index (κ2) is 7.19. The summed E-state index contributed by atoms with van der Waals surface area (Å²) >= 11 is 1.47. The fourth-order valence-electron chi connectivity index (χ4n) is 2.44. The van der Waals surface area contributed by atoms with E-state index in [-0.39, 0.29) is 11.5 Å². The number of carbonyl (C=O) groups excluding carboxylic acids is 1. The summed E-state index contributed by atoms with van der Waals surface area (Å²) in [6, 6.07) is 11.0. The molecule has 25 heavy (non-hydrogen) atoms. The Morgan fingerprint density at radius 2 is 1.96 bits per heavy atom. The van der Waals surface area contributed by atoms with Gasteiger partial charge in [0, 0.05) is 4.88 Å². The number of aromatic nitrogens is 2. The van der Waals surface area contributed by atoms with Crippen molar-refractivity contribution in [1.29, 1.82) is 0 Å². The highest BCUT2D eigenvalue weighted by molar-refractivity contribution is 7.21. The van der Waals surface area contributed by atoms with Gasteiger partial charge in [0.15, 0.2) is 0 Å². The smallest absolute Gasteiger partial charge is 0.329 e. The van der Waals surface area contributed by atoms with Gasteiger partial charge in [0.05, 0.1) is 18.3 Å². The van der Waals surface area contributed by atoms with Crippen LogP contribution in [0.15, 0.2) is 47.5 Å². The minimum atomic E-state index is -0.705. The van der Waals surface area contributed by atoms with Gasteiger partial charge in [-0.25, -0.2) is 9.78 Å². The zero-order valence-electron chi connectivity index (χ0n) is 14.4. The fourth-order valence-corrected chi connectivity index (χ4v) is 3.44. The minimum absolute atomic E-state index is 0.225. The van der Waals surface area contributed by atoms with Crippen molar-refractivity contribution < 1.29 is 9.53 Å². The highest BCUT2D eigenvalue weighted by Crippen LogP contribution is 2.30. The van der Waals surface area contributed by atoms with Gasteiger partial charge in [-0.15, -0.1) is 11.3 Å². The maximum atomic E-state index is 12.8. The highest BCUT2D eigenvalue weighted by atomic mass is 32.1. The van der Waals surface area contributed by atoms with Crippen LogP contribution in [0.1, 0.15) is 26.8 Å². The molecule has 0 N–H and O–H groups in total. The van der Waals surface area contributed by atoms with E-state index in [0.717, 1.165) is 10.4 Å². The van der Waals surface area contributed by atoms with E-state index in [0.29, 0.717) is 16.8 Å². The van der Waals surface area contributed by atoms with Gasteiger partial charge < -0.3 is 4.74 Å². The molecule has 130 valence electrons. The second-order valence-corrected chi connectivity index (χ2v) is 7.38. The van der Waals surface area contributed by atoms with Gasteiger partial charge in [0.25, 0.3) is 5.56 Å². The lowest BCUT2D eigenvalue weighted by atomic mass is 10.2. The minimum Gasteiger partial charge on any atom is -0.464 e. The molecular formula is C19H20N2O3S. The molecule has 6 heteroatoms. The zero-order chi connectivity index (χ0) is 18.0. The molecule has 0 aliphatic rings. The third-order valence-corrected chi connectivity index (χ3v) is 4.94. The summed E-state index contributed by atoms with van der Waals surface area (Å²) in [5, 5.41) is 0.523. The number of thiophene rings is 1. The number of hydrogen-bond acceptors (Lipinski definition) is 5. The summed E-state index contributed by atoms with van der Waals surface area (Å²) in [4.78, 5) is 30.9. The lowest BCUT2D eigenvalue weighted by Crippen LogP contribution is -2.29. The van der Waals surface area contributed by atoms with Crippen LogP contribution in [0, 0.1) is 5.92 Å². The molecule has 0 amide bonds. The van der Waals surface area contributed by atoms with Crippen LogP contribution in [0.5, 0.6) is 0 Å². The standard InChI is InChI=1S/C19H20N2O3S/c1-12(2)10-24-19(23)13(3)21-11-20-17-15(18(21)22)9-16(25-17)14-7-5-4-6-8-14/h4-9,11-13H,10H2,1-3H3/t13-/m1/s1. The van der Waals surface area contributed by atoms with E-state index in [9.17, 15) is 9.59 Å². The third kappa shape index (κ3) is 3.64. The van der Waals surface area contributed by atoms with Crippen molar-refractivity contribution in [1.82, 2.24) is 9.55 Å². The number of rotatable bonds is 5. The molecule has 0 aliphatic heterocycles. The zero-order valence-corrected chi connectivity index (χ0v) is 15.2. The summed E-state index contributed by atoms with van der Waals surface area (Å²) in [6.07, 6.45) is 1.43. The van der Waals surface area contributed by atoms with E-state index >= 15 is 0 Å². The number of hydrogen-bond donors (Lipinski definition) is 0. The molecule has 5 nitrogen and oxygen atoms in total. The molecule has 2 aromatic heterocycles. The first kappa shape index (κ1) is 17.4. The van der Waals surface area contributed by atoms with Crippen LogP contribution in [-0.2, 0) is 9.53 Å². The van der Waals surface area contributed by atoms with Crippen molar-refractivity contribution in [2.75, 3.05) is 6.61 Å². The second-order valence-electron chi connectivity index (χ2n) is 6.35. The largest absolute Gasteiger partial charge is 0.464 e. The van der Waals surface area contributed by atoms with Crippen molar-refractivity contribution in [2.24, 2.45) is 5.92 Å². The van der Waals surface area contributed by atoms with Crippen molar-refractivity contribution in [3.05, 3.63) is 53.1 Å². The van der Waals surface area contributed by atoms with Crippen LogP contribution in [0.4, 0.5) is 0 Å². The molecule has 0 saturated carbocycles. The Balaban J connectivity index is 1.95. The fraction of sp³-hybridized carbons (Fsp3) is 0.316. The number of esters is 1. The van der Waals surface area contributed by atoms with Gasteiger partial charge in [-0.05, 0) is 24.5 Å². The Hall–Kier alpha value is -2.47. The summed E-state index contributed by atoms with van der Waals surface area (Å²) < 4.78 is 6.58. The number of fused-ring (bicyclic) bond motifs is 1. The van der Waals surface area contributed by atoms with Crippen LogP contribution in [0.2, 0.25) is 0 Å². The number of nitrogens with zero attached hydrogens (tertiary/aromatic N) is 2. The Morgan fingerprint density at radius 3 is 2.64 bits per heavy atom. The van der Waals surface area contributed by atoms with Gasteiger partial charge in [-0.2, -0.15) is 0 Å². The molecule has 0 spiro atoms. The van der Waals surface area contributed by atoms with E-state index < -0.39 is 12.0 Å². The van der Waals surface area contributed by atoms with Gasteiger partial charge in [-0.1, -0.05) is 44.2 Å². The summed E-state index contributed by atoms with van der Waals surface area (Å²) in [5.41, 5.74) is 0.818. The molecule has 0 unspecified atom stereocenters. The normalized spacial score (nSPS) is 12.5. The molecule has 0 radical (unpaired) electrons. The monoisotopic (exact) mass is 356 g/mol. The average Bonchev–Trinajstić information content (AvgIpc) is 3.05. The predicted octanol–water partition coefficient (Wildman–Crippen LogP) is 3.89. The average molecular weight is 356 g/mol. The number of benzene rings is 1. The van der Waals surface area contributed by atoms with Gasteiger partial charge in [-0.3, -0.25) is 9.36 Å². The first-order valence-corrected chi connectivity index (χ1v) is 9.01. The van der Waals surface area contributed by atoms with Gasteiger partial charge in [0.1, 0.15) is 10.9 Å². The molecule has 3 aromatic rings. The van der Waals surface area contributed by atoms with Crippen molar-refractivity contribution >= 4 is 27.5 Å². The van der Waals surface area contributed by atoms with E-state index in [1.54, 1.807) is 6.92 Å². The van der Waals surface area contributed by atoms with Crippen LogP contribution < -0.4 is 5.56 Å². The Kier molecular flexibility index (Phi) is 4.99. The van der Waals surface area contributed by atoms with Crippen LogP contribution in [0.25, 0.3) is 20.7 Å². The van der Waals surface area contributed by atoms with Crippen molar-refractivity contribution in [3.63, 3.8) is 0 Å². The lowest BCUT2D eigenvalue weighted by Gasteiger charge is -2.14. The van der Waals surface area contributed by atoms with Gasteiger partial charge >= 0.3 is 5.97 Å². The SMILES string of the molecule is CC(C)COC(=O)[C@@H](C)n1cnc2sc(-c3ccccc3)cc2c1=O. The van der Waals surface area contributed by atoms with E-state index in [1.807, 2.05) is 50.2 Å². The van der Waals surface area contributed by atoms with E-state index in [4.69, 9.17) is 4.74 Å². The molecule has 3 rings (SSSR count). The summed E-state index contributed by atoms with van der Waals surface area (Å²) in [6.45, 7) is 5.93. The number of ether oxygens (including phenoxy) is 1. The molecule has 0 fully saturated rings. The molecular weight excluding hydrogens is 336 g/mol. The first-order chi connectivity index (χ1) is 12.0. The van der Waals surface area contributed by atoms with E-state index in [2.05, 4.69) is 4.98 Å². The number of carbonyl (C=O) groups is 1. The molecule has 0 aliphatic carbocycles. The Labute approximate surface area is 149 Å². The molecule has 0 saturated heterocycles. The lowest BCUT2D eigenvalue weighted by molar-refractivity contribution is -0.148. The quantitative estimate of drug-likeness (QED) is 0.651. The van der Waals surface area contributed by atoms with Crippen molar-refractivity contribution in [3.8, 4) is 10.4 Å². The predicted molar refractivity (Wildman–Crippen MR) is 99.8 cm³/mol. The van der Waals surface area contributed by atoms with Crippen LogP contribution in [0.3, 0.4) is 0 Å². The summed E-state index contributed by atoms with van der Waals surface area (Å²) in [5.74, 6) is -0.172. The maximum absolute atomic E-state index is 12.8. The Morgan fingerprint density at radius 1 is 1.24 bits per heavy atom. The van der Waals surface area contributed by atoms with Crippen molar-refractivity contribution in [2.45, 2.75) is 26.8 Å².